The van der Waals surface area contributed by atoms with Crippen molar-refractivity contribution in [2.45, 2.75) is 88.6 Å². The second-order valence-corrected chi connectivity index (χ2v) is 28.3. The second-order valence-electron chi connectivity index (χ2n) is 17.1. The molecule has 0 aliphatic heterocycles. The summed E-state index contributed by atoms with van der Waals surface area (Å²) in [4.78, 5) is 20.8. The van der Waals surface area contributed by atoms with Gasteiger partial charge in [0.25, 0.3) is 0 Å². The van der Waals surface area contributed by atoms with Crippen LogP contribution < -0.4 is 4.90 Å². The van der Waals surface area contributed by atoms with E-state index >= 15 is 0 Å². The Balaban J connectivity index is 1.58. The van der Waals surface area contributed by atoms with Crippen molar-refractivity contribution >= 4 is 33.6 Å². The van der Waals surface area contributed by atoms with Crippen molar-refractivity contribution in [3.8, 4) is 22.9 Å². The maximum absolute atomic E-state index is 13.6. The lowest BCUT2D eigenvalue weighted by Gasteiger charge is -2.38. The molecule has 4 aromatic rings. The largest absolute Gasteiger partial charge is 0.461 e. The van der Waals surface area contributed by atoms with Crippen molar-refractivity contribution in [2.24, 2.45) is 0 Å². The number of fused-ring (bicyclic) bond motifs is 1. The summed E-state index contributed by atoms with van der Waals surface area (Å²) in [7, 11) is 0.434. The Morgan fingerprint density at radius 3 is 2.11 bits per heavy atom. The van der Waals surface area contributed by atoms with Crippen molar-refractivity contribution in [1.82, 2.24) is 24.4 Å². The summed E-state index contributed by atoms with van der Waals surface area (Å²) in [5.74, 6) is -0.0109. The molecule has 0 bridgehead atoms. The van der Waals surface area contributed by atoms with Gasteiger partial charge in [-0.05, 0) is 49.9 Å². The van der Waals surface area contributed by atoms with Crippen LogP contribution in [0.15, 0.2) is 48.9 Å². The van der Waals surface area contributed by atoms with Gasteiger partial charge in [0, 0.05) is 66.8 Å². The van der Waals surface area contributed by atoms with E-state index in [1.165, 1.54) is 0 Å². The van der Waals surface area contributed by atoms with E-state index in [1.54, 1.807) is 24.9 Å². The van der Waals surface area contributed by atoms with Gasteiger partial charge in [-0.15, -0.1) is 0 Å². The van der Waals surface area contributed by atoms with E-state index in [0.717, 1.165) is 28.9 Å². The first-order chi connectivity index (χ1) is 27.3. The molecule has 1 aromatic carbocycles. The van der Waals surface area contributed by atoms with Crippen molar-refractivity contribution < 1.29 is 33.2 Å². The van der Waals surface area contributed by atoms with Crippen molar-refractivity contribution in [1.29, 1.82) is 5.26 Å². The number of esters is 1. The summed E-state index contributed by atoms with van der Waals surface area (Å²) in [6.45, 7) is 16.6. The molecule has 16 heteroatoms. The average Bonchev–Trinajstić information content (AvgIpc) is 3.84. The van der Waals surface area contributed by atoms with Gasteiger partial charge in [0.1, 0.15) is 31.7 Å². The highest BCUT2D eigenvalue weighted by Gasteiger charge is 2.45. The molecule has 0 amide bonds. The molecule has 0 unspecified atom stereocenters. The predicted molar refractivity (Wildman–Crippen MR) is 225 cm³/mol. The van der Waals surface area contributed by atoms with Crippen LogP contribution in [0.25, 0.3) is 22.5 Å². The highest BCUT2D eigenvalue weighted by Crippen LogP contribution is 2.43. The van der Waals surface area contributed by atoms with E-state index in [2.05, 4.69) is 50.4 Å². The number of carbonyl (C=O) groups is 1. The van der Waals surface area contributed by atoms with Gasteiger partial charge in [-0.25, -0.2) is 14.5 Å². The number of hydrogen-bond donors (Lipinski definition) is 0. The van der Waals surface area contributed by atoms with Crippen LogP contribution >= 0.6 is 0 Å². The highest BCUT2D eigenvalue weighted by molar-refractivity contribution is 6.76. The maximum atomic E-state index is 13.6. The van der Waals surface area contributed by atoms with Crippen LogP contribution in [-0.2, 0) is 33.2 Å². The Morgan fingerprint density at radius 2 is 1.51 bits per heavy atom. The predicted octanol–water partition coefficient (Wildman–Crippen LogP) is 7.13. The Labute approximate surface area is 339 Å². The number of aromatic nitrogens is 5. The van der Waals surface area contributed by atoms with E-state index in [9.17, 15) is 10.1 Å². The van der Waals surface area contributed by atoms with Crippen molar-refractivity contribution in [3.63, 3.8) is 0 Å². The smallest absolute Gasteiger partial charge is 0.338 e. The van der Waals surface area contributed by atoms with E-state index in [1.807, 2.05) is 52.3 Å². The molecule has 0 atom stereocenters. The fourth-order valence-electron chi connectivity index (χ4n) is 6.78. The number of methoxy groups -OCH3 is 2. The number of nitrogens with zero attached hydrogens (tertiary/aromatic N) is 7. The monoisotopic (exact) mass is 819 g/mol. The molecule has 5 rings (SSSR count). The van der Waals surface area contributed by atoms with Crippen LogP contribution in [0.3, 0.4) is 0 Å². The Bertz CT molecular complexity index is 1910. The molecule has 3 aromatic heterocycles. The lowest BCUT2D eigenvalue weighted by molar-refractivity contribution is -0.180. The van der Waals surface area contributed by atoms with Crippen LogP contribution in [0.2, 0.25) is 51.4 Å². The summed E-state index contributed by atoms with van der Waals surface area (Å²) in [5, 5.41) is 20.6. The van der Waals surface area contributed by atoms with Gasteiger partial charge in [0.15, 0.2) is 17.1 Å². The average molecular weight is 820 g/mol. The van der Waals surface area contributed by atoms with E-state index in [-0.39, 0.29) is 32.6 Å². The number of benzene rings is 1. The van der Waals surface area contributed by atoms with Gasteiger partial charge in [0.05, 0.1) is 43.6 Å². The molecule has 310 valence electrons. The molecule has 1 saturated carbocycles. The molecule has 1 aliphatic rings. The number of carbonyl (C=O) groups excluding carboxylic acids is 1. The zero-order chi connectivity index (χ0) is 41.1. The SMILES string of the molecule is COCCOC(=O)C1(OCCOC)CCC(c2nc3c(-c4cnn(-c5ccccc5)c4)cnn3c(N(COCC[Si](C)(C)C)COCC[Si](C)(C)C)c2C#N)CC1. The molecule has 0 saturated heterocycles. The van der Waals surface area contributed by atoms with Gasteiger partial charge < -0.3 is 33.3 Å². The Morgan fingerprint density at radius 1 is 0.877 bits per heavy atom. The fourth-order valence-corrected chi connectivity index (χ4v) is 8.29. The third-order valence-electron chi connectivity index (χ3n) is 10.2. The molecule has 0 N–H and O–H groups in total. The number of rotatable bonds is 22. The summed E-state index contributed by atoms with van der Waals surface area (Å²) >= 11 is 0. The minimum Gasteiger partial charge on any atom is -0.461 e. The van der Waals surface area contributed by atoms with Crippen LogP contribution in [0, 0.1) is 11.3 Å². The molecule has 0 spiro atoms. The van der Waals surface area contributed by atoms with E-state index in [0.29, 0.717) is 74.8 Å². The third-order valence-corrected chi connectivity index (χ3v) is 13.6. The Kier molecular flexibility index (Phi) is 15.6. The lowest BCUT2D eigenvalue weighted by Crippen LogP contribution is -2.46. The molecule has 57 heavy (non-hydrogen) atoms. The fraction of sp³-hybridized carbons (Fsp3) is 0.585. The summed E-state index contributed by atoms with van der Waals surface area (Å²) < 4.78 is 38.5. The summed E-state index contributed by atoms with van der Waals surface area (Å²) in [5.41, 5.74) is 3.03. The number of anilines is 1. The van der Waals surface area contributed by atoms with Gasteiger partial charge >= 0.3 is 5.97 Å². The first kappa shape index (κ1) is 44.2. The van der Waals surface area contributed by atoms with Crippen molar-refractivity contribution in [3.05, 3.63) is 60.2 Å². The lowest BCUT2D eigenvalue weighted by atomic mass is 9.76. The third kappa shape index (κ3) is 11.8. The van der Waals surface area contributed by atoms with Crippen LogP contribution in [0.4, 0.5) is 5.82 Å². The maximum Gasteiger partial charge on any atom is 0.338 e. The number of ether oxygens (including phenoxy) is 6. The molecule has 1 aliphatic carbocycles. The summed E-state index contributed by atoms with van der Waals surface area (Å²) in [6.07, 6.45) is 7.41. The highest BCUT2D eigenvalue weighted by atomic mass is 28.3. The topological polar surface area (TPSA) is 147 Å². The van der Waals surface area contributed by atoms with Gasteiger partial charge in [-0.3, -0.25) is 0 Å². The molecule has 0 radical (unpaired) electrons. The minimum atomic E-state index is -1.37. The minimum absolute atomic E-state index is 0.134. The normalized spacial score (nSPS) is 17.5. The molecular weight excluding hydrogens is 759 g/mol. The first-order valence-electron chi connectivity index (χ1n) is 19.9. The van der Waals surface area contributed by atoms with Crippen LogP contribution in [-0.4, -0.2) is 119 Å². The quantitative estimate of drug-likeness (QED) is 0.0344. The van der Waals surface area contributed by atoms with Gasteiger partial charge in [-0.2, -0.15) is 20.0 Å². The van der Waals surface area contributed by atoms with Crippen LogP contribution in [0.1, 0.15) is 42.9 Å². The van der Waals surface area contributed by atoms with Gasteiger partial charge in [0.2, 0.25) is 0 Å². The van der Waals surface area contributed by atoms with E-state index in [4.69, 9.17) is 38.5 Å². The van der Waals surface area contributed by atoms with Crippen LogP contribution in [0.5, 0.6) is 0 Å². The number of nitriles is 1. The van der Waals surface area contributed by atoms with E-state index < -0.39 is 27.7 Å². The second kappa shape index (κ2) is 20.1. The number of para-hydroxylation sites is 1. The molecule has 14 nitrogen and oxygen atoms in total. The van der Waals surface area contributed by atoms with Gasteiger partial charge in [-0.1, -0.05) is 57.5 Å². The van der Waals surface area contributed by atoms with Crippen molar-refractivity contribution in [2.75, 3.05) is 72.2 Å². The zero-order valence-electron chi connectivity index (χ0n) is 35.1. The first-order valence-corrected chi connectivity index (χ1v) is 27.3. The molecule has 3 heterocycles. The summed E-state index contributed by atoms with van der Waals surface area (Å²) in [6, 6.07) is 14.4. The Hall–Kier alpha value is -3.96. The molecule has 1 fully saturated rings. The number of hydrogen-bond acceptors (Lipinski definition) is 12. The molecular formula is C41H61N7O7Si2. The zero-order valence-corrected chi connectivity index (χ0v) is 37.1. The standard InChI is InChI=1S/C41H61N7O7Si2/c1-50-18-20-54-40(49)41(55-21-19-51-2)16-14-32(15-17-41)37-35(26-42)39(46(30-52-22-24-56(3,4)5)31-53-23-25-57(6,7)8)48-38(45-37)36(28-44-48)33-27-43-47(29-33)34-12-10-9-11-13-34/h9-13,27-29,32H,14-25,30-31H2,1-8H3.